The van der Waals surface area contributed by atoms with Crippen LogP contribution in [0.25, 0.3) is 0 Å². The molecule has 3 amide bonds. The van der Waals surface area contributed by atoms with Gasteiger partial charge in [-0.3, -0.25) is 19.3 Å². The molecule has 10 heteroatoms. The molecule has 0 radical (unpaired) electrons. The molecular weight excluding hydrogens is 674 g/mol. The molecule has 1 N–H and O–H groups in total. The van der Waals surface area contributed by atoms with E-state index in [1.165, 1.54) is 10.5 Å². The molecule has 0 bridgehead atoms. The van der Waals surface area contributed by atoms with Crippen molar-refractivity contribution in [2.45, 2.75) is 83.8 Å². The van der Waals surface area contributed by atoms with E-state index in [0.29, 0.717) is 29.2 Å². The number of allylic oxidation sites excluding steroid dienone is 3. The summed E-state index contributed by atoms with van der Waals surface area (Å²) in [5.41, 5.74) is 3.44. The molecule has 4 atom stereocenters. The smallest absolute Gasteiger partial charge is 0.264 e. The van der Waals surface area contributed by atoms with E-state index in [1.54, 1.807) is 22.9 Å². The Labute approximate surface area is 308 Å². The average molecular weight is 726 g/mol. The predicted molar refractivity (Wildman–Crippen MR) is 207 cm³/mol. The summed E-state index contributed by atoms with van der Waals surface area (Å²) in [6.07, 6.45) is 5.70. The second-order valence-corrected chi connectivity index (χ2v) is 18.6. The van der Waals surface area contributed by atoms with Crippen molar-refractivity contribution in [1.29, 1.82) is 0 Å². The number of hydrogen-bond acceptors (Lipinski definition) is 5. The highest BCUT2D eigenvalue weighted by Crippen LogP contribution is 2.60. The number of aliphatic hydroxyl groups excluding tert-OH is 1. The van der Waals surface area contributed by atoms with Crippen LogP contribution in [0.1, 0.15) is 58.1 Å². The van der Waals surface area contributed by atoms with E-state index in [1.807, 2.05) is 85.8 Å². The molecule has 2 aliphatic rings. The lowest BCUT2D eigenvalue weighted by Gasteiger charge is -2.31. The second-order valence-electron chi connectivity index (χ2n) is 14.8. The number of halogens is 1. The van der Waals surface area contributed by atoms with Crippen molar-refractivity contribution in [3.05, 3.63) is 113 Å². The summed E-state index contributed by atoms with van der Waals surface area (Å²) in [5, 5.41) is 9.86. The molecule has 5 rings (SSSR count). The largest absolute Gasteiger partial charge is 0.395 e. The third-order valence-corrected chi connectivity index (χ3v) is 12.8. The number of anilines is 3. The summed E-state index contributed by atoms with van der Waals surface area (Å²) < 4.78 is 23.5. The molecule has 1 saturated heterocycles. The highest BCUT2D eigenvalue weighted by atomic mass is 28.4. The summed E-state index contributed by atoms with van der Waals surface area (Å²) >= 11 is 0. The van der Waals surface area contributed by atoms with Crippen molar-refractivity contribution in [2.24, 2.45) is 5.92 Å². The molecule has 3 aromatic rings. The summed E-state index contributed by atoms with van der Waals surface area (Å²) in [5.74, 6) is -1.20. The van der Waals surface area contributed by atoms with Gasteiger partial charge in [-0.25, -0.2) is 0 Å². The van der Waals surface area contributed by atoms with E-state index in [-0.39, 0.29) is 37.9 Å². The highest BCUT2D eigenvalue weighted by molar-refractivity contribution is 6.72. The highest BCUT2D eigenvalue weighted by Gasteiger charge is 2.67. The van der Waals surface area contributed by atoms with Crippen molar-refractivity contribution in [2.75, 3.05) is 29.5 Å². The van der Waals surface area contributed by atoms with Gasteiger partial charge in [0.1, 0.15) is 0 Å². The Bertz CT molecular complexity index is 1790. The standard InChI is InChI=1S/C42H52FN3O5Si/c1-30(2)14-13-15-31(3)22-23-45-37-21-20-35(46(29-48)34-18-11-8-12-19-34)26-36(37)42(41(45)50)32(4)40(52(5,6)43)38(51-42)27-39(49)44(24-25-47)28-33-16-9-7-10-17-33/h7-12,14,16-22,26,29,32,38,40,47H,13,15,23-25,27-28H2,1-6H3/b31-22+/t32-,38+,40-,42+/m0/s1. The van der Waals surface area contributed by atoms with Crippen molar-refractivity contribution in [3.63, 3.8) is 0 Å². The van der Waals surface area contributed by atoms with Crippen LogP contribution in [0.4, 0.5) is 21.2 Å². The molecule has 1 fully saturated rings. The molecule has 8 nitrogen and oxygen atoms in total. The maximum atomic E-state index is 16.6. The van der Waals surface area contributed by atoms with Gasteiger partial charge in [0.25, 0.3) is 5.91 Å². The first-order chi connectivity index (χ1) is 24.8. The average Bonchev–Trinajstić information content (AvgIpc) is 3.53. The summed E-state index contributed by atoms with van der Waals surface area (Å²) in [4.78, 5) is 46.3. The van der Waals surface area contributed by atoms with Gasteiger partial charge >= 0.3 is 0 Å². The van der Waals surface area contributed by atoms with Gasteiger partial charge in [-0.15, -0.1) is 0 Å². The Balaban J connectivity index is 1.56. The molecule has 2 heterocycles. The van der Waals surface area contributed by atoms with Gasteiger partial charge < -0.3 is 23.8 Å². The minimum Gasteiger partial charge on any atom is -0.395 e. The van der Waals surface area contributed by atoms with Crippen LogP contribution in [-0.2, 0) is 31.3 Å². The van der Waals surface area contributed by atoms with Crippen LogP contribution in [-0.4, -0.2) is 62.4 Å². The normalized spacial score (nSPS) is 21.3. The fourth-order valence-electron chi connectivity index (χ4n) is 7.88. The fourth-order valence-corrected chi connectivity index (χ4v) is 10.4. The topological polar surface area (TPSA) is 90.4 Å². The van der Waals surface area contributed by atoms with E-state index in [0.717, 1.165) is 30.4 Å². The maximum absolute atomic E-state index is 16.6. The Morgan fingerprint density at radius 1 is 1.00 bits per heavy atom. The zero-order valence-corrected chi connectivity index (χ0v) is 32.2. The lowest BCUT2D eigenvalue weighted by atomic mass is 9.82. The van der Waals surface area contributed by atoms with Gasteiger partial charge in [0.2, 0.25) is 20.7 Å². The molecule has 0 saturated carbocycles. The Morgan fingerprint density at radius 3 is 2.29 bits per heavy atom. The lowest BCUT2D eigenvalue weighted by Crippen LogP contribution is -2.45. The van der Waals surface area contributed by atoms with Crippen molar-refractivity contribution >= 4 is 43.7 Å². The molecule has 2 aliphatic heterocycles. The van der Waals surface area contributed by atoms with E-state index in [9.17, 15) is 19.5 Å². The van der Waals surface area contributed by atoms with Crippen molar-refractivity contribution in [1.82, 2.24) is 4.90 Å². The molecule has 0 aromatic heterocycles. The van der Waals surface area contributed by atoms with Crippen LogP contribution >= 0.6 is 0 Å². The second kappa shape index (κ2) is 16.5. The van der Waals surface area contributed by atoms with E-state index < -0.39 is 31.6 Å². The van der Waals surface area contributed by atoms with Crippen LogP contribution in [0.3, 0.4) is 0 Å². The number of rotatable bonds is 15. The first-order valence-corrected chi connectivity index (χ1v) is 21.1. The third-order valence-electron chi connectivity index (χ3n) is 10.4. The number of aliphatic hydroxyl groups is 1. The van der Waals surface area contributed by atoms with Gasteiger partial charge in [-0.2, -0.15) is 0 Å². The minimum atomic E-state index is -3.57. The van der Waals surface area contributed by atoms with Crippen LogP contribution < -0.4 is 9.80 Å². The number of para-hydroxylation sites is 1. The van der Waals surface area contributed by atoms with Gasteiger partial charge in [0.15, 0.2) is 5.60 Å². The third kappa shape index (κ3) is 8.14. The molecule has 0 aliphatic carbocycles. The molecular formula is C42H52FN3O5Si. The maximum Gasteiger partial charge on any atom is 0.264 e. The van der Waals surface area contributed by atoms with Crippen LogP contribution in [0.15, 0.2) is 102 Å². The summed E-state index contributed by atoms with van der Waals surface area (Å²) in [6, 6.07) is 24.2. The van der Waals surface area contributed by atoms with Crippen LogP contribution in [0.2, 0.25) is 18.6 Å². The SMILES string of the molecule is CC(C)=CCC/C(C)=C/CN1C(=O)[C@]2(O[C@H](CC(=O)N(CCO)Cc3ccccc3)[C@@H]([Si](C)(C)F)[C@@H]2C)c2cc(N(C=O)c3ccccc3)ccc21. The molecule has 3 aromatic carbocycles. The van der Waals surface area contributed by atoms with Gasteiger partial charge in [-0.1, -0.05) is 78.8 Å². The fraction of sp³-hybridized carbons (Fsp3) is 0.405. The van der Waals surface area contributed by atoms with Crippen LogP contribution in [0, 0.1) is 5.92 Å². The quantitative estimate of drug-likeness (QED) is 0.0739. The number of carbonyl (C=O) groups is 3. The first-order valence-electron chi connectivity index (χ1n) is 18.2. The molecule has 276 valence electrons. The first kappa shape index (κ1) is 38.8. The lowest BCUT2D eigenvalue weighted by molar-refractivity contribution is -0.149. The molecule has 0 unspecified atom stereocenters. The van der Waals surface area contributed by atoms with Gasteiger partial charge in [-0.05, 0) is 82.6 Å². The zero-order valence-electron chi connectivity index (χ0n) is 31.2. The van der Waals surface area contributed by atoms with Gasteiger partial charge in [0.05, 0.1) is 24.8 Å². The zero-order chi connectivity index (χ0) is 37.6. The molecule has 1 spiro atoms. The van der Waals surface area contributed by atoms with E-state index in [2.05, 4.69) is 32.9 Å². The number of nitrogens with zero attached hydrogens (tertiary/aromatic N) is 3. The van der Waals surface area contributed by atoms with E-state index >= 15 is 4.11 Å². The Hall–Kier alpha value is -4.38. The number of hydrogen-bond donors (Lipinski definition) is 1. The van der Waals surface area contributed by atoms with Crippen molar-refractivity contribution in [3.8, 4) is 0 Å². The molecule has 52 heavy (non-hydrogen) atoms. The van der Waals surface area contributed by atoms with Crippen LogP contribution in [0.5, 0.6) is 0 Å². The summed E-state index contributed by atoms with van der Waals surface area (Å²) in [6.45, 7) is 11.8. The number of fused-ring (bicyclic) bond motifs is 2. The number of amides is 3. The number of ether oxygens (including phenoxy) is 1. The Morgan fingerprint density at radius 2 is 1.67 bits per heavy atom. The predicted octanol–water partition coefficient (Wildman–Crippen LogP) is 8.21. The Kier molecular flexibility index (Phi) is 12.3. The minimum absolute atomic E-state index is 0.113. The number of benzene rings is 3. The van der Waals surface area contributed by atoms with E-state index in [4.69, 9.17) is 4.74 Å². The number of carbonyl (C=O) groups excluding carboxylic acids is 3. The van der Waals surface area contributed by atoms with Crippen molar-refractivity contribution < 1.29 is 28.3 Å². The summed E-state index contributed by atoms with van der Waals surface area (Å²) in [7, 11) is -3.57. The monoisotopic (exact) mass is 725 g/mol. The van der Waals surface area contributed by atoms with Gasteiger partial charge in [0, 0.05) is 48.0 Å².